The van der Waals surface area contributed by atoms with Crippen LogP contribution < -0.4 is 10.0 Å². The molecule has 11 heteroatoms. The molecule has 1 aromatic carbocycles. The summed E-state index contributed by atoms with van der Waals surface area (Å²) in [5, 5.41) is 14.5. The molecule has 0 aliphatic heterocycles. The Morgan fingerprint density at radius 1 is 1.10 bits per heavy atom. The number of hydrogen-bond donors (Lipinski definition) is 2. The van der Waals surface area contributed by atoms with Crippen LogP contribution in [0.5, 0.6) is 0 Å². The van der Waals surface area contributed by atoms with Crippen LogP contribution in [0.1, 0.15) is 28.7 Å². The molecule has 0 saturated heterocycles. The number of rotatable bonds is 6. The van der Waals surface area contributed by atoms with Crippen molar-refractivity contribution in [3.8, 4) is 0 Å². The number of nitrogens with one attached hydrogen (secondary N) is 2. The molecule has 152 valence electrons. The maximum atomic E-state index is 12.6. The zero-order valence-electron chi connectivity index (χ0n) is 16.0. The van der Waals surface area contributed by atoms with Crippen molar-refractivity contribution < 1.29 is 13.2 Å². The quantitative estimate of drug-likeness (QED) is 0.615. The van der Waals surface area contributed by atoms with Gasteiger partial charge in [0.15, 0.2) is 11.0 Å². The molecule has 2 heterocycles. The van der Waals surface area contributed by atoms with Gasteiger partial charge in [0.25, 0.3) is 15.9 Å². The predicted octanol–water partition coefficient (Wildman–Crippen LogP) is 3.02. The smallest absolute Gasteiger partial charge is 0.263 e. The summed E-state index contributed by atoms with van der Waals surface area (Å²) in [6.45, 7) is 6.22. The van der Waals surface area contributed by atoms with E-state index in [1.807, 2.05) is 13.8 Å². The van der Waals surface area contributed by atoms with Gasteiger partial charge < -0.3 is 5.32 Å². The third-order valence-electron chi connectivity index (χ3n) is 4.20. The molecule has 0 aliphatic rings. The van der Waals surface area contributed by atoms with Crippen molar-refractivity contribution in [2.24, 2.45) is 0 Å². The van der Waals surface area contributed by atoms with E-state index in [0.29, 0.717) is 23.5 Å². The summed E-state index contributed by atoms with van der Waals surface area (Å²) >= 11 is 5.64. The Morgan fingerprint density at radius 2 is 1.79 bits per heavy atom. The van der Waals surface area contributed by atoms with Crippen LogP contribution >= 0.6 is 11.6 Å². The molecule has 0 aliphatic carbocycles. The van der Waals surface area contributed by atoms with Gasteiger partial charge in [-0.25, -0.2) is 8.42 Å². The fourth-order valence-electron chi connectivity index (χ4n) is 2.81. The summed E-state index contributed by atoms with van der Waals surface area (Å²) in [4.78, 5) is 12.6. The molecule has 3 aromatic rings. The topological polar surface area (TPSA) is 119 Å². The van der Waals surface area contributed by atoms with Gasteiger partial charge in [0.05, 0.1) is 16.2 Å². The molecule has 0 atom stereocenters. The molecular weight excluding hydrogens is 416 g/mol. The average molecular weight is 435 g/mol. The number of benzene rings is 1. The minimum Gasteiger partial charge on any atom is -0.322 e. The molecule has 0 bridgehead atoms. The molecule has 0 unspecified atom stereocenters. The van der Waals surface area contributed by atoms with E-state index in [-0.39, 0.29) is 21.8 Å². The Bertz CT molecular complexity index is 1140. The van der Waals surface area contributed by atoms with Crippen molar-refractivity contribution >= 4 is 39.0 Å². The van der Waals surface area contributed by atoms with Gasteiger partial charge in [-0.05, 0) is 57.2 Å². The molecule has 0 radical (unpaired) electrons. The number of nitrogens with zero attached hydrogens (tertiary/aromatic N) is 4. The highest BCUT2D eigenvalue weighted by Crippen LogP contribution is 2.19. The van der Waals surface area contributed by atoms with Gasteiger partial charge in [0, 0.05) is 17.9 Å². The van der Waals surface area contributed by atoms with E-state index in [1.165, 1.54) is 36.4 Å². The minimum atomic E-state index is -3.86. The number of aromatic nitrogens is 4. The number of anilines is 2. The van der Waals surface area contributed by atoms with Crippen molar-refractivity contribution in [1.82, 2.24) is 20.0 Å². The first kappa shape index (κ1) is 20.7. The van der Waals surface area contributed by atoms with Gasteiger partial charge in [0.1, 0.15) is 0 Å². The number of amides is 1. The first-order valence-corrected chi connectivity index (χ1v) is 10.5. The molecule has 0 spiro atoms. The standard InChI is InChI=1S/C18H19ClN6O3S/c1-4-25-12(3)17(11(2)23-25)18(26)20-13-5-7-14(8-6-13)29(27,28)24-16-10-9-15(19)21-22-16/h5-10H,4H2,1-3H3,(H,20,26)(H,22,24). The van der Waals surface area contributed by atoms with E-state index < -0.39 is 10.0 Å². The van der Waals surface area contributed by atoms with Gasteiger partial charge in [0.2, 0.25) is 0 Å². The third-order valence-corrected chi connectivity index (χ3v) is 5.77. The number of carbonyl (C=O) groups excluding carboxylic acids is 1. The van der Waals surface area contributed by atoms with E-state index in [2.05, 4.69) is 25.3 Å². The fourth-order valence-corrected chi connectivity index (χ4v) is 3.91. The van der Waals surface area contributed by atoms with Gasteiger partial charge in [-0.15, -0.1) is 10.2 Å². The highest BCUT2D eigenvalue weighted by molar-refractivity contribution is 7.92. The third kappa shape index (κ3) is 4.54. The maximum absolute atomic E-state index is 12.6. The van der Waals surface area contributed by atoms with Crippen LogP contribution in [-0.2, 0) is 16.6 Å². The van der Waals surface area contributed by atoms with Crippen LogP contribution in [-0.4, -0.2) is 34.3 Å². The monoisotopic (exact) mass is 434 g/mol. The Hall–Kier alpha value is -2.98. The molecule has 0 fully saturated rings. The second-order valence-electron chi connectivity index (χ2n) is 6.19. The number of halogens is 1. The van der Waals surface area contributed by atoms with Crippen LogP contribution in [0.2, 0.25) is 5.15 Å². The Kier molecular flexibility index (Phi) is 5.85. The van der Waals surface area contributed by atoms with Crippen molar-refractivity contribution in [3.05, 3.63) is 58.5 Å². The maximum Gasteiger partial charge on any atom is 0.263 e. The van der Waals surface area contributed by atoms with Gasteiger partial charge in [-0.1, -0.05) is 11.6 Å². The van der Waals surface area contributed by atoms with E-state index in [4.69, 9.17) is 11.6 Å². The second kappa shape index (κ2) is 8.18. The highest BCUT2D eigenvalue weighted by Gasteiger charge is 2.19. The van der Waals surface area contributed by atoms with Crippen molar-refractivity contribution in [2.45, 2.75) is 32.2 Å². The summed E-state index contributed by atoms with van der Waals surface area (Å²) in [6, 6.07) is 8.62. The summed E-state index contributed by atoms with van der Waals surface area (Å²) in [7, 11) is -3.86. The van der Waals surface area contributed by atoms with Gasteiger partial charge in [-0.3, -0.25) is 14.2 Å². The number of carbonyl (C=O) groups is 1. The SMILES string of the molecule is CCn1nc(C)c(C(=O)Nc2ccc(S(=O)(=O)Nc3ccc(Cl)nn3)cc2)c1C. The summed E-state index contributed by atoms with van der Waals surface area (Å²) in [5.74, 6) is -0.254. The van der Waals surface area contributed by atoms with Crippen LogP contribution in [0.3, 0.4) is 0 Å². The lowest BCUT2D eigenvalue weighted by atomic mass is 10.2. The van der Waals surface area contributed by atoms with Crippen molar-refractivity contribution in [2.75, 3.05) is 10.0 Å². The molecule has 1 amide bonds. The molecule has 2 aromatic heterocycles. The second-order valence-corrected chi connectivity index (χ2v) is 8.26. The first-order valence-electron chi connectivity index (χ1n) is 8.68. The summed E-state index contributed by atoms with van der Waals surface area (Å²) < 4.78 is 29.0. The van der Waals surface area contributed by atoms with Crippen molar-refractivity contribution in [3.63, 3.8) is 0 Å². The zero-order valence-corrected chi connectivity index (χ0v) is 17.5. The van der Waals surface area contributed by atoms with E-state index >= 15 is 0 Å². The molecule has 2 N–H and O–H groups in total. The minimum absolute atomic E-state index is 0.0124. The first-order chi connectivity index (χ1) is 13.7. The predicted molar refractivity (Wildman–Crippen MR) is 110 cm³/mol. The van der Waals surface area contributed by atoms with E-state index in [0.717, 1.165) is 5.69 Å². The fraction of sp³-hybridized carbons (Fsp3) is 0.222. The summed E-state index contributed by atoms with van der Waals surface area (Å²) in [5.41, 5.74) is 2.37. The van der Waals surface area contributed by atoms with E-state index in [1.54, 1.807) is 11.6 Å². The normalized spacial score (nSPS) is 11.3. The number of hydrogen-bond acceptors (Lipinski definition) is 6. The largest absolute Gasteiger partial charge is 0.322 e. The molecule has 9 nitrogen and oxygen atoms in total. The van der Waals surface area contributed by atoms with Crippen LogP contribution in [0.25, 0.3) is 0 Å². The lowest BCUT2D eigenvalue weighted by Gasteiger charge is -2.09. The molecule has 3 rings (SSSR count). The molecule has 29 heavy (non-hydrogen) atoms. The van der Waals surface area contributed by atoms with Gasteiger partial charge >= 0.3 is 0 Å². The summed E-state index contributed by atoms with van der Waals surface area (Å²) in [6.07, 6.45) is 0. The number of aryl methyl sites for hydroxylation is 2. The Labute approximate surface area is 173 Å². The van der Waals surface area contributed by atoms with Crippen molar-refractivity contribution in [1.29, 1.82) is 0 Å². The van der Waals surface area contributed by atoms with E-state index in [9.17, 15) is 13.2 Å². The van der Waals surface area contributed by atoms with Crippen LogP contribution in [0, 0.1) is 13.8 Å². The van der Waals surface area contributed by atoms with Crippen LogP contribution in [0.4, 0.5) is 11.5 Å². The van der Waals surface area contributed by atoms with Gasteiger partial charge in [-0.2, -0.15) is 5.10 Å². The highest BCUT2D eigenvalue weighted by atomic mass is 35.5. The lowest BCUT2D eigenvalue weighted by molar-refractivity contribution is 0.102. The molecule has 0 saturated carbocycles. The Balaban J connectivity index is 1.75. The Morgan fingerprint density at radius 3 is 2.34 bits per heavy atom. The van der Waals surface area contributed by atoms with Crippen LogP contribution in [0.15, 0.2) is 41.3 Å². The zero-order chi connectivity index (χ0) is 21.2. The lowest BCUT2D eigenvalue weighted by Crippen LogP contribution is -2.16. The average Bonchev–Trinajstić information content (AvgIpc) is 2.97. The number of sulfonamides is 1. The molecular formula is C18H19ClN6O3S.